The topological polar surface area (TPSA) is 116 Å². The largest absolute Gasteiger partial charge is 0.508 e. The Morgan fingerprint density at radius 1 is 0.921 bits per heavy atom. The molecule has 0 bridgehead atoms. The lowest BCUT2D eigenvalue weighted by Crippen LogP contribution is -2.22. The molecule has 38 heavy (non-hydrogen) atoms. The van der Waals surface area contributed by atoms with Gasteiger partial charge in [-0.15, -0.1) is 0 Å². The van der Waals surface area contributed by atoms with Gasteiger partial charge in [0.25, 0.3) is 0 Å². The summed E-state index contributed by atoms with van der Waals surface area (Å²) in [6, 6.07) is 12.2. The molecule has 1 atom stereocenters. The van der Waals surface area contributed by atoms with Crippen LogP contribution in [0.4, 0.5) is 0 Å². The zero-order valence-electron chi connectivity index (χ0n) is 22.9. The van der Waals surface area contributed by atoms with E-state index in [9.17, 15) is 23.7 Å². The summed E-state index contributed by atoms with van der Waals surface area (Å²) < 4.78 is 30.8. The van der Waals surface area contributed by atoms with Crippen molar-refractivity contribution in [2.75, 3.05) is 32.1 Å². The van der Waals surface area contributed by atoms with E-state index in [1.807, 2.05) is 18.2 Å². The maximum absolute atomic E-state index is 12.5. The molecule has 0 heterocycles. The molecular weight excluding hydrogens is 502 g/mol. The molecule has 214 valence electrons. The van der Waals surface area contributed by atoms with Gasteiger partial charge in [0.05, 0.1) is 23.4 Å². The minimum absolute atomic E-state index is 0.0361. The van der Waals surface area contributed by atoms with Crippen LogP contribution in [0.1, 0.15) is 87.5 Å². The number of sulfone groups is 1. The minimum atomic E-state index is -3.19. The Hall–Kier alpha value is -1.97. The van der Waals surface area contributed by atoms with Crippen molar-refractivity contribution in [2.45, 2.75) is 88.7 Å². The lowest BCUT2D eigenvalue weighted by Gasteiger charge is -2.14. The SMILES string of the molecule is CCCCCS(=O)(=O)c1cccc(CCCCOCCCCCCNC[C@H](O)c2ccc(O)c(CO)c2)c1. The standard InChI is InChI=1S/C30H47NO6S/c1-2-3-10-20-38(35,36)28-14-11-13-25(21-28)12-6-9-19-37-18-8-5-4-7-17-31-23-30(34)26-15-16-29(33)27(22-26)24-32/h11,13-16,21-22,30-34H,2-10,12,17-20,23-24H2,1H3/t30-/m0/s1. The van der Waals surface area contributed by atoms with Gasteiger partial charge in [-0.25, -0.2) is 8.42 Å². The first-order chi connectivity index (χ1) is 18.4. The predicted molar refractivity (Wildman–Crippen MR) is 152 cm³/mol. The zero-order valence-corrected chi connectivity index (χ0v) is 23.7. The lowest BCUT2D eigenvalue weighted by atomic mass is 10.1. The molecule has 0 saturated heterocycles. The van der Waals surface area contributed by atoms with E-state index >= 15 is 0 Å². The summed E-state index contributed by atoms with van der Waals surface area (Å²) in [4.78, 5) is 0.447. The van der Waals surface area contributed by atoms with E-state index in [4.69, 9.17) is 4.74 Å². The van der Waals surface area contributed by atoms with Crippen molar-refractivity contribution in [3.05, 3.63) is 59.2 Å². The summed E-state index contributed by atoms with van der Waals surface area (Å²) in [5.74, 6) is 0.264. The van der Waals surface area contributed by atoms with Crippen LogP contribution in [0.3, 0.4) is 0 Å². The fourth-order valence-corrected chi connectivity index (χ4v) is 5.73. The monoisotopic (exact) mass is 549 g/mol. The Morgan fingerprint density at radius 2 is 1.68 bits per heavy atom. The molecule has 0 spiro atoms. The van der Waals surface area contributed by atoms with Crippen LogP contribution in [-0.2, 0) is 27.6 Å². The summed E-state index contributed by atoms with van der Waals surface area (Å²) in [6.07, 6.45) is 9.03. The highest BCUT2D eigenvalue weighted by molar-refractivity contribution is 7.91. The highest BCUT2D eigenvalue weighted by Gasteiger charge is 2.14. The molecule has 0 radical (unpaired) electrons. The fraction of sp³-hybridized carbons (Fsp3) is 0.600. The van der Waals surface area contributed by atoms with E-state index in [1.165, 1.54) is 6.07 Å². The molecule has 2 rings (SSSR count). The second kappa shape index (κ2) is 18.3. The van der Waals surface area contributed by atoms with Crippen LogP contribution in [0.5, 0.6) is 5.75 Å². The van der Waals surface area contributed by atoms with Crippen LogP contribution >= 0.6 is 0 Å². The molecule has 0 aliphatic carbocycles. The number of aryl methyl sites for hydroxylation is 1. The maximum atomic E-state index is 12.5. The first kappa shape index (κ1) is 32.2. The van der Waals surface area contributed by atoms with Gasteiger partial charge >= 0.3 is 0 Å². The number of phenols is 1. The molecule has 0 amide bonds. The van der Waals surface area contributed by atoms with Gasteiger partial charge in [0.2, 0.25) is 0 Å². The number of unbranched alkanes of at least 4 members (excludes halogenated alkanes) is 6. The molecular formula is C30H47NO6S. The third-order valence-electron chi connectivity index (χ3n) is 6.67. The first-order valence-corrected chi connectivity index (χ1v) is 15.7. The van der Waals surface area contributed by atoms with Crippen LogP contribution in [0.2, 0.25) is 0 Å². The van der Waals surface area contributed by atoms with E-state index < -0.39 is 15.9 Å². The zero-order chi connectivity index (χ0) is 27.6. The predicted octanol–water partition coefficient (Wildman–Crippen LogP) is 5.07. The van der Waals surface area contributed by atoms with Crippen molar-refractivity contribution in [1.82, 2.24) is 5.32 Å². The molecule has 0 aromatic heterocycles. The van der Waals surface area contributed by atoms with E-state index in [0.717, 1.165) is 89.5 Å². The molecule has 0 unspecified atom stereocenters. The second-order valence-electron chi connectivity index (χ2n) is 9.92. The third kappa shape index (κ3) is 12.3. The Labute approximate surface area is 229 Å². The van der Waals surface area contributed by atoms with Gasteiger partial charge in [0, 0.05) is 25.3 Å². The Kier molecular flexibility index (Phi) is 15.6. The van der Waals surface area contributed by atoms with Crippen LogP contribution in [0.15, 0.2) is 47.4 Å². The van der Waals surface area contributed by atoms with Crippen molar-refractivity contribution >= 4 is 9.84 Å². The molecule has 7 nitrogen and oxygen atoms in total. The van der Waals surface area contributed by atoms with Gasteiger partial charge in [0.1, 0.15) is 5.75 Å². The van der Waals surface area contributed by atoms with Gasteiger partial charge < -0.3 is 25.4 Å². The molecule has 0 saturated carbocycles. The Morgan fingerprint density at radius 3 is 2.45 bits per heavy atom. The first-order valence-electron chi connectivity index (χ1n) is 14.1. The quantitative estimate of drug-likeness (QED) is 0.161. The minimum Gasteiger partial charge on any atom is -0.508 e. The number of hydrogen-bond acceptors (Lipinski definition) is 7. The van der Waals surface area contributed by atoms with E-state index in [0.29, 0.717) is 22.6 Å². The molecule has 4 N–H and O–H groups in total. The second-order valence-corrected chi connectivity index (χ2v) is 12.0. The average Bonchev–Trinajstić information content (AvgIpc) is 2.91. The van der Waals surface area contributed by atoms with Gasteiger partial charge in [-0.05, 0) is 80.5 Å². The highest BCUT2D eigenvalue weighted by Crippen LogP contribution is 2.22. The number of aromatic hydroxyl groups is 1. The van der Waals surface area contributed by atoms with Crippen molar-refractivity contribution in [3.8, 4) is 5.75 Å². The summed E-state index contributed by atoms with van der Waals surface area (Å²) in [5.41, 5.74) is 2.16. The number of nitrogens with one attached hydrogen (secondary N) is 1. The highest BCUT2D eigenvalue weighted by atomic mass is 32.2. The number of ether oxygens (including phenoxy) is 1. The average molecular weight is 550 g/mol. The van der Waals surface area contributed by atoms with Crippen LogP contribution in [0.25, 0.3) is 0 Å². The molecule has 0 aliphatic rings. The van der Waals surface area contributed by atoms with Crippen LogP contribution in [-0.4, -0.2) is 55.8 Å². The maximum Gasteiger partial charge on any atom is 0.178 e. The van der Waals surface area contributed by atoms with E-state index in [-0.39, 0.29) is 18.1 Å². The van der Waals surface area contributed by atoms with Gasteiger partial charge in [-0.2, -0.15) is 0 Å². The fourth-order valence-electron chi connectivity index (χ4n) is 4.29. The molecule has 0 fully saturated rings. The summed E-state index contributed by atoms with van der Waals surface area (Å²) >= 11 is 0. The number of aliphatic hydroxyl groups excluding tert-OH is 2. The Balaban J connectivity index is 1.46. The Bertz CT molecular complexity index is 1030. The molecule has 2 aromatic carbocycles. The number of rotatable bonds is 21. The lowest BCUT2D eigenvalue weighted by molar-refractivity contribution is 0.126. The van der Waals surface area contributed by atoms with Crippen LogP contribution in [0, 0.1) is 0 Å². The van der Waals surface area contributed by atoms with E-state index in [1.54, 1.807) is 18.2 Å². The van der Waals surface area contributed by atoms with E-state index in [2.05, 4.69) is 12.2 Å². The molecule has 0 aliphatic heterocycles. The summed E-state index contributed by atoms with van der Waals surface area (Å²) in [5, 5.41) is 32.4. The van der Waals surface area contributed by atoms with Gasteiger partial charge in [-0.1, -0.05) is 50.8 Å². The smallest absolute Gasteiger partial charge is 0.178 e. The van der Waals surface area contributed by atoms with Crippen molar-refractivity contribution in [2.24, 2.45) is 0 Å². The summed E-state index contributed by atoms with van der Waals surface area (Å²) in [7, 11) is -3.19. The van der Waals surface area contributed by atoms with Crippen molar-refractivity contribution < 1.29 is 28.5 Å². The van der Waals surface area contributed by atoms with Crippen molar-refractivity contribution in [3.63, 3.8) is 0 Å². The number of benzene rings is 2. The normalized spacial score (nSPS) is 12.6. The third-order valence-corrected chi connectivity index (χ3v) is 8.47. The van der Waals surface area contributed by atoms with Crippen molar-refractivity contribution in [1.29, 1.82) is 0 Å². The number of aliphatic hydroxyl groups is 2. The molecule has 2 aromatic rings. The van der Waals surface area contributed by atoms with Crippen LogP contribution < -0.4 is 5.32 Å². The van der Waals surface area contributed by atoms with Gasteiger partial charge in [0.15, 0.2) is 9.84 Å². The molecule has 8 heteroatoms. The summed E-state index contributed by atoms with van der Waals surface area (Å²) in [6.45, 7) is 4.55. The van der Waals surface area contributed by atoms with Gasteiger partial charge in [-0.3, -0.25) is 0 Å². The number of hydrogen-bond donors (Lipinski definition) is 4.